The Balaban J connectivity index is 1.85. The molecular formula is C16H18N2O2. The molecule has 0 radical (unpaired) electrons. The van der Waals surface area contributed by atoms with Crippen LogP contribution in [0, 0.1) is 0 Å². The van der Waals surface area contributed by atoms with Crippen LogP contribution in [0.4, 0.5) is 5.69 Å². The minimum absolute atomic E-state index is 0.565. The van der Waals surface area contributed by atoms with Gasteiger partial charge in [0.15, 0.2) is 11.5 Å². The lowest BCUT2D eigenvalue weighted by atomic mass is 10.0. The van der Waals surface area contributed by atoms with Gasteiger partial charge in [0.25, 0.3) is 0 Å². The van der Waals surface area contributed by atoms with Crippen LogP contribution in [-0.4, -0.2) is 18.2 Å². The van der Waals surface area contributed by atoms with E-state index in [-0.39, 0.29) is 0 Å². The second-order valence-corrected chi connectivity index (χ2v) is 5.63. The van der Waals surface area contributed by atoms with Gasteiger partial charge in [0, 0.05) is 28.8 Å². The molecule has 1 saturated carbocycles. The van der Waals surface area contributed by atoms with Gasteiger partial charge in [-0.2, -0.15) is 0 Å². The van der Waals surface area contributed by atoms with Crippen molar-refractivity contribution in [1.29, 1.82) is 0 Å². The fraction of sp³-hybridized carbons (Fsp3) is 0.438. The first kappa shape index (κ1) is 11.8. The van der Waals surface area contributed by atoms with Crippen molar-refractivity contribution < 1.29 is 9.47 Å². The molecule has 2 aromatic rings. The van der Waals surface area contributed by atoms with E-state index in [1.54, 1.807) is 0 Å². The maximum absolute atomic E-state index is 6.22. The summed E-state index contributed by atoms with van der Waals surface area (Å²) in [5, 5.41) is 0.955. The quantitative estimate of drug-likeness (QED) is 0.864. The topological polar surface area (TPSA) is 57.4 Å². The van der Waals surface area contributed by atoms with Gasteiger partial charge in [0.05, 0.1) is 5.52 Å². The van der Waals surface area contributed by atoms with Crippen LogP contribution in [0.2, 0.25) is 0 Å². The van der Waals surface area contributed by atoms with Gasteiger partial charge < -0.3 is 15.2 Å². The highest BCUT2D eigenvalue weighted by Crippen LogP contribution is 2.39. The van der Waals surface area contributed by atoms with Crippen molar-refractivity contribution in [3.8, 4) is 11.5 Å². The number of nitrogen functional groups attached to an aromatic ring is 1. The van der Waals surface area contributed by atoms with Gasteiger partial charge in [-0.3, -0.25) is 4.98 Å². The molecule has 4 rings (SSSR count). The summed E-state index contributed by atoms with van der Waals surface area (Å²) in [7, 11) is 0. The fourth-order valence-electron chi connectivity index (χ4n) is 3.24. The molecule has 1 aliphatic heterocycles. The second-order valence-electron chi connectivity index (χ2n) is 5.63. The first-order chi connectivity index (χ1) is 9.81. The van der Waals surface area contributed by atoms with Crippen LogP contribution in [0.3, 0.4) is 0 Å². The van der Waals surface area contributed by atoms with Crippen molar-refractivity contribution in [3.63, 3.8) is 0 Å². The van der Waals surface area contributed by atoms with E-state index < -0.39 is 0 Å². The fourth-order valence-corrected chi connectivity index (χ4v) is 3.24. The number of benzene rings is 1. The van der Waals surface area contributed by atoms with Crippen molar-refractivity contribution in [2.45, 2.75) is 31.6 Å². The second kappa shape index (κ2) is 4.54. The number of fused-ring (bicyclic) bond motifs is 2. The van der Waals surface area contributed by atoms with Gasteiger partial charge >= 0.3 is 0 Å². The van der Waals surface area contributed by atoms with Crippen molar-refractivity contribution in [3.05, 3.63) is 23.9 Å². The third-order valence-corrected chi connectivity index (χ3v) is 4.30. The van der Waals surface area contributed by atoms with Crippen molar-refractivity contribution in [2.75, 3.05) is 18.9 Å². The van der Waals surface area contributed by atoms with E-state index in [0.717, 1.165) is 33.8 Å². The molecule has 0 saturated heterocycles. The Kier molecular flexibility index (Phi) is 2.69. The van der Waals surface area contributed by atoms with E-state index in [0.29, 0.717) is 19.1 Å². The zero-order valence-electron chi connectivity index (χ0n) is 11.4. The van der Waals surface area contributed by atoms with Crippen LogP contribution >= 0.6 is 0 Å². The van der Waals surface area contributed by atoms with E-state index in [9.17, 15) is 0 Å². The van der Waals surface area contributed by atoms with Crippen LogP contribution < -0.4 is 15.2 Å². The molecule has 2 heterocycles. The maximum atomic E-state index is 6.22. The average molecular weight is 270 g/mol. The van der Waals surface area contributed by atoms with Crippen LogP contribution in [0.5, 0.6) is 11.5 Å². The summed E-state index contributed by atoms with van der Waals surface area (Å²) in [6, 6.07) is 5.94. The first-order valence-electron chi connectivity index (χ1n) is 7.31. The maximum Gasteiger partial charge on any atom is 0.163 e. The molecule has 4 nitrogen and oxygen atoms in total. The minimum atomic E-state index is 0.565. The number of nitrogens with two attached hydrogens (primary N) is 1. The molecule has 0 bridgehead atoms. The van der Waals surface area contributed by atoms with E-state index in [1.807, 2.05) is 18.2 Å². The molecule has 1 aliphatic carbocycles. The third-order valence-electron chi connectivity index (χ3n) is 4.30. The van der Waals surface area contributed by atoms with Crippen LogP contribution in [0.1, 0.15) is 37.3 Å². The van der Waals surface area contributed by atoms with Gasteiger partial charge in [-0.05, 0) is 25.0 Å². The van der Waals surface area contributed by atoms with Gasteiger partial charge in [-0.25, -0.2) is 0 Å². The summed E-state index contributed by atoms with van der Waals surface area (Å²) in [4.78, 5) is 4.81. The highest BCUT2D eigenvalue weighted by Gasteiger charge is 2.21. The van der Waals surface area contributed by atoms with Gasteiger partial charge in [-0.15, -0.1) is 0 Å². The van der Waals surface area contributed by atoms with Gasteiger partial charge in [0.1, 0.15) is 13.2 Å². The van der Waals surface area contributed by atoms with Crippen LogP contribution in [-0.2, 0) is 0 Å². The normalized spacial score (nSPS) is 18.6. The summed E-state index contributed by atoms with van der Waals surface area (Å²) in [6.45, 7) is 1.18. The summed E-state index contributed by atoms with van der Waals surface area (Å²) in [5.74, 6) is 2.11. The monoisotopic (exact) mass is 270 g/mol. The molecule has 2 aliphatic rings. The average Bonchev–Trinajstić information content (AvgIpc) is 2.99. The number of hydrogen-bond donors (Lipinski definition) is 1. The van der Waals surface area contributed by atoms with E-state index in [1.165, 1.54) is 25.7 Å². The number of aromatic nitrogens is 1. The summed E-state index contributed by atoms with van der Waals surface area (Å²) >= 11 is 0. The first-order valence-corrected chi connectivity index (χ1v) is 7.31. The Morgan fingerprint density at radius 3 is 2.45 bits per heavy atom. The summed E-state index contributed by atoms with van der Waals surface area (Å²) in [6.07, 6.45) is 5.04. The molecule has 0 spiro atoms. The standard InChI is InChI=1S/C16H18N2O2/c17-12-8-13(10-3-1-2-4-10)18-14-9-16-15(7-11(12)14)19-5-6-20-16/h7-10H,1-6H2,(H2,17,18). The van der Waals surface area contributed by atoms with E-state index >= 15 is 0 Å². The molecule has 1 aromatic carbocycles. The predicted molar refractivity (Wildman–Crippen MR) is 78.4 cm³/mol. The Hall–Kier alpha value is -1.97. The summed E-state index contributed by atoms with van der Waals surface area (Å²) in [5.41, 5.74) is 9.05. The number of rotatable bonds is 1. The Bertz CT molecular complexity index is 663. The third kappa shape index (κ3) is 1.87. The Morgan fingerprint density at radius 2 is 1.70 bits per heavy atom. The molecule has 20 heavy (non-hydrogen) atoms. The molecule has 0 amide bonds. The zero-order chi connectivity index (χ0) is 13.5. The number of hydrogen-bond acceptors (Lipinski definition) is 4. The zero-order valence-corrected chi connectivity index (χ0v) is 11.4. The van der Waals surface area contributed by atoms with Crippen molar-refractivity contribution >= 4 is 16.6 Å². The molecule has 0 atom stereocenters. The molecule has 1 aromatic heterocycles. The smallest absolute Gasteiger partial charge is 0.163 e. The largest absolute Gasteiger partial charge is 0.486 e. The van der Waals surface area contributed by atoms with Crippen molar-refractivity contribution in [1.82, 2.24) is 4.98 Å². The lowest BCUT2D eigenvalue weighted by Crippen LogP contribution is -2.15. The highest BCUT2D eigenvalue weighted by atomic mass is 16.6. The predicted octanol–water partition coefficient (Wildman–Crippen LogP) is 3.25. The molecule has 4 heteroatoms. The van der Waals surface area contributed by atoms with Crippen LogP contribution in [0.25, 0.3) is 10.9 Å². The highest BCUT2D eigenvalue weighted by molar-refractivity contribution is 5.93. The molecule has 2 N–H and O–H groups in total. The number of anilines is 1. The number of nitrogens with zero attached hydrogens (tertiary/aromatic N) is 1. The van der Waals surface area contributed by atoms with Crippen LogP contribution in [0.15, 0.2) is 18.2 Å². The molecule has 0 unspecified atom stereocenters. The Morgan fingerprint density at radius 1 is 1.00 bits per heavy atom. The lowest BCUT2D eigenvalue weighted by Gasteiger charge is -2.19. The minimum Gasteiger partial charge on any atom is -0.486 e. The number of pyridine rings is 1. The van der Waals surface area contributed by atoms with Gasteiger partial charge in [0.2, 0.25) is 0 Å². The van der Waals surface area contributed by atoms with E-state index in [4.69, 9.17) is 20.2 Å². The summed E-state index contributed by atoms with van der Waals surface area (Å²) < 4.78 is 11.2. The molecule has 1 fully saturated rings. The van der Waals surface area contributed by atoms with Crippen molar-refractivity contribution in [2.24, 2.45) is 0 Å². The van der Waals surface area contributed by atoms with E-state index in [2.05, 4.69) is 0 Å². The number of ether oxygens (including phenoxy) is 2. The van der Waals surface area contributed by atoms with Gasteiger partial charge in [-0.1, -0.05) is 12.8 Å². The molecule has 104 valence electrons. The lowest BCUT2D eigenvalue weighted by molar-refractivity contribution is 0.172. The molecular weight excluding hydrogens is 252 g/mol. The SMILES string of the molecule is Nc1cc(C2CCCC2)nc2cc3c(cc12)OCCO3. The Labute approximate surface area is 117 Å².